The summed E-state index contributed by atoms with van der Waals surface area (Å²) in [5.41, 5.74) is 2.14. The Hall–Kier alpha value is -2.08. The monoisotopic (exact) mass is 211 g/mol. The summed E-state index contributed by atoms with van der Waals surface area (Å²) in [5.74, 6) is -0.100. The van der Waals surface area contributed by atoms with E-state index in [1.807, 2.05) is 48.1 Å². The lowest BCUT2D eigenvalue weighted by atomic mass is 9.96. The van der Waals surface area contributed by atoms with Crippen molar-refractivity contribution in [3.05, 3.63) is 53.9 Å². The molecule has 0 N–H and O–H groups in total. The van der Waals surface area contributed by atoms with Gasteiger partial charge in [0, 0.05) is 25.4 Å². The van der Waals surface area contributed by atoms with E-state index in [0.717, 1.165) is 11.3 Å². The molecule has 0 fully saturated rings. The van der Waals surface area contributed by atoms with Crippen LogP contribution in [0.15, 0.2) is 42.6 Å². The van der Waals surface area contributed by atoms with Crippen LogP contribution in [0, 0.1) is 11.3 Å². The standard InChI is InChI=1S/C13H13N3/c1-16-13(7-8-15-16)9-12(10-14)11-5-3-2-4-6-11/h2-8,12H,9H2,1H3. The average molecular weight is 211 g/mol. The summed E-state index contributed by atoms with van der Waals surface area (Å²) >= 11 is 0. The van der Waals surface area contributed by atoms with Gasteiger partial charge in [-0.05, 0) is 11.6 Å². The molecule has 1 heterocycles. The molecule has 2 aromatic rings. The van der Waals surface area contributed by atoms with E-state index in [1.165, 1.54) is 0 Å². The minimum Gasteiger partial charge on any atom is -0.273 e. The molecule has 1 atom stereocenters. The van der Waals surface area contributed by atoms with Gasteiger partial charge in [-0.3, -0.25) is 4.68 Å². The highest BCUT2D eigenvalue weighted by Crippen LogP contribution is 2.19. The van der Waals surface area contributed by atoms with Crippen molar-refractivity contribution in [1.82, 2.24) is 9.78 Å². The SMILES string of the molecule is Cn1nccc1CC(C#N)c1ccccc1. The number of nitriles is 1. The summed E-state index contributed by atoms with van der Waals surface area (Å²) in [4.78, 5) is 0. The number of hydrogen-bond donors (Lipinski definition) is 0. The Labute approximate surface area is 94.9 Å². The molecular weight excluding hydrogens is 198 g/mol. The van der Waals surface area contributed by atoms with Gasteiger partial charge < -0.3 is 0 Å². The molecule has 3 nitrogen and oxygen atoms in total. The highest BCUT2D eigenvalue weighted by atomic mass is 15.2. The molecule has 0 spiro atoms. The predicted octanol–water partition coefficient (Wildman–Crippen LogP) is 2.27. The zero-order valence-corrected chi connectivity index (χ0v) is 9.17. The van der Waals surface area contributed by atoms with E-state index < -0.39 is 0 Å². The normalized spacial score (nSPS) is 12.0. The van der Waals surface area contributed by atoms with Gasteiger partial charge in [0.25, 0.3) is 0 Å². The maximum Gasteiger partial charge on any atom is 0.0767 e. The molecule has 2 rings (SSSR count). The van der Waals surface area contributed by atoms with Crippen LogP contribution in [0.4, 0.5) is 0 Å². The minimum atomic E-state index is -0.100. The van der Waals surface area contributed by atoms with Crippen molar-refractivity contribution >= 4 is 0 Å². The number of nitrogens with zero attached hydrogens (tertiary/aromatic N) is 3. The van der Waals surface area contributed by atoms with Gasteiger partial charge in [0.2, 0.25) is 0 Å². The maximum absolute atomic E-state index is 9.19. The Morgan fingerprint density at radius 3 is 2.62 bits per heavy atom. The third-order valence-corrected chi connectivity index (χ3v) is 2.69. The fourth-order valence-electron chi connectivity index (χ4n) is 1.73. The molecule has 0 amide bonds. The molecule has 1 aromatic heterocycles. The first-order chi connectivity index (χ1) is 7.81. The molecule has 0 aliphatic rings. The molecule has 0 bridgehead atoms. The first-order valence-electron chi connectivity index (χ1n) is 5.22. The minimum absolute atomic E-state index is 0.100. The van der Waals surface area contributed by atoms with Crippen LogP contribution in [0.1, 0.15) is 17.2 Å². The third kappa shape index (κ3) is 2.12. The van der Waals surface area contributed by atoms with Gasteiger partial charge in [-0.1, -0.05) is 30.3 Å². The Morgan fingerprint density at radius 2 is 2.06 bits per heavy atom. The van der Waals surface area contributed by atoms with E-state index in [0.29, 0.717) is 6.42 Å². The number of hydrogen-bond acceptors (Lipinski definition) is 2. The summed E-state index contributed by atoms with van der Waals surface area (Å²) in [6.07, 6.45) is 2.46. The lowest BCUT2D eigenvalue weighted by Gasteiger charge is -2.09. The summed E-state index contributed by atoms with van der Waals surface area (Å²) in [6, 6.07) is 14.2. The van der Waals surface area contributed by atoms with Gasteiger partial charge >= 0.3 is 0 Å². The van der Waals surface area contributed by atoms with Crippen molar-refractivity contribution in [3.8, 4) is 6.07 Å². The van der Waals surface area contributed by atoms with Crippen LogP contribution in [-0.2, 0) is 13.5 Å². The lowest BCUT2D eigenvalue weighted by Crippen LogP contribution is -2.05. The van der Waals surface area contributed by atoms with Gasteiger partial charge in [-0.2, -0.15) is 10.4 Å². The second-order valence-corrected chi connectivity index (χ2v) is 3.74. The average Bonchev–Trinajstić information content (AvgIpc) is 2.73. The van der Waals surface area contributed by atoms with E-state index in [2.05, 4.69) is 11.2 Å². The van der Waals surface area contributed by atoms with Crippen molar-refractivity contribution < 1.29 is 0 Å². The first kappa shape index (κ1) is 10.4. The van der Waals surface area contributed by atoms with E-state index in [9.17, 15) is 5.26 Å². The molecule has 0 aliphatic heterocycles. The molecular formula is C13H13N3. The summed E-state index contributed by atoms with van der Waals surface area (Å²) in [5, 5.41) is 13.3. The molecule has 3 heteroatoms. The fourth-order valence-corrected chi connectivity index (χ4v) is 1.73. The van der Waals surface area contributed by atoms with Crippen LogP contribution in [0.25, 0.3) is 0 Å². The van der Waals surface area contributed by atoms with Crippen molar-refractivity contribution in [2.45, 2.75) is 12.3 Å². The number of rotatable bonds is 3. The highest BCUT2D eigenvalue weighted by molar-refractivity contribution is 5.26. The van der Waals surface area contributed by atoms with Crippen LogP contribution in [0.2, 0.25) is 0 Å². The summed E-state index contributed by atoms with van der Waals surface area (Å²) < 4.78 is 1.81. The number of aromatic nitrogens is 2. The largest absolute Gasteiger partial charge is 0.273 e. The summed E-state index contributed by atoms with van der Waals surface area (Å²) in [6.45, 7) is 0. The van der Waals surface area contributed by atoms with Gasteiger partial charge in [0.15, 0.2) is 0 Å². The Kier molecular flexibility index (Phi) is 3.02. The first-order valence-corrected chi connectivity index (χ1v) is 5.22. The van der Waals surface area contributed by atoms with Crippen molar-refractivity contribution in [1.29, 1.82) is 5.26 Å². The number of benzene rings is 1. The second kappa shape index (κ2) is 4.63. The molecule has 16 heavy (non-hydrogen) atoms. The topological polar surface area (TPSA) is 41.6 Å². The van der Waals surface area contributed by atoms with Crippen LogP contribution in [0.3, 0.4) is 0 Å². The van der Waals surface area contributed by atoms with Crippen molar-refractivity contribution in [3.63, 3.8) is 0 Å². The molecule has 1 aromatic carbocycles. The number of aryl methyl sites for hydroxylation is 1. The zero-order valence-electron chi connectivity index (χ0n) is 9.17. The van der Waals surface area contributed by atoms with Gasteiger partial charge in [-0.15, -0.1) is 0 Å². The fraction of sp³-hybridized carbons (Fsp3) is 0.231. The molecule has 80 valence electrons. The molecule has 1 unspecified atom stereocenters. The van der Waals surface area contributed by atoms with Crippen LogP contribution >= 0.6 is 0 Å². The van der Waals surface area contributed by atoms with E-state index in [4.69, 9.17) is 0 Å². The maximum atomic E-state index is 9.19. The zero-order chi connectivity index (χ0) is 11.4. The second-order valence-electron chi connectivity index (χ2n) is 3.74. The van der Waals surface area contributed by atoms with Crippen LogP contribution in [-0.4, -0.2) is 9.78 Å². The van der Waals surface area contributed by atoms with Crippen molar-refractivity contribution in [2.24, 2.45) is 7.05 Å². The van der Waals surface area contributed by atoms with E-state index in [-0.39, 0.29) is 5.92 Å². The molecule has 0 saturated carbocycles. The van der Waals surface area contributed by atoms with Gasteiger partial charge in [-0.25, -0.2) is 0 Å². The summed E-state index contributed by atoms with van der Waals surface area (Å²) in [7, 11) is 1.90. The van der Waals surface area contributed by atoms with Crippen LogP contribution < -0.4 is 0 Å². The molecule has 0 aliphatic carbocycles. The Balaban J connectivity index is 2.20. The van der Waals surface area contributed by atoms with Crippen molar-refractivity contribution in [2.75, 3.05) is 0 Å². The quantitative estimate of drug-likeness (QED) is 0.781. The van der Waals surface area contributed by atoms with Gasteiger partial charge in [0.1, 0.15) is 0 Å². The third-order valence-electron chi connectivity index (χ3n) is 2.69. The van der Waals surface area contributed by atoms with E-state index >= 15 is 0 Å². The molecule has 0 radical (unpaired) electrons. The highest BCUT2D eigenvalue weighted by Gasteiger charge is 2.12. The van der Waals surface area contributed by atoms with Gasteiger partial charge in [0.05, 0.1) is 12.0 Å². The van der Waals surface area contributed by atoms with Crippen LogP contribution in [0.5, 0.6) is 0 Å². The predicted molar refractivity (Wildman–Crippen MR) is 61.7 cm³/mol. The molecule has 0 saturated heterocycles. The Bertz CT molecular complexity index is 493. The van der Waals surface area contributed by atoms with E-state index in [1.54, 1.807) is 6.20 Å². The smallest absolute Gasteiger partial charge is 0.0767 e. The Morgan fingerprint density at radius 1 is 1.31 bits per heavy atom. The lowest BCUT2D eigenvalue weighted by molar-refractivity contribution is 0.685.